The molecule has 0 N–H and O–H groups in total. The van der Waals surface area contributed by atoms with Crippen molar-refractivity contribution < 1.29 is 4.21 Å². The number of hydrogen-bond acceptors (Lipinski definition) is 5. The lowest BCUT2D eigenvalue weighted by atomic mass is 9.67. The fourth-order valence-electron chi connectivity index (χ4n) is 5.07. The first-order valence-corrected chi connectivity index (χ1v) is 14.7. The SMILES string of the molecule is CC(C)(C)[S@@](=O)N=C1c2ccccc2CC12CCC(c1cnc(Sc3ccnc(Cl)c3Cl)cn1)CC2. The van der Waals surface area contributed by atoms with Crippen LogP contribution in [0.4, 0.5) is 0 Å². The average molecular weight is 560 g/mol. The highest BCUT2D eigenvalue weighted by Crippen LogP contribution is 2.51. The van der Waals surface area contributed by atoms with Crippen LogP contribution in [0.25, 0.3) is 0 Å². The zero-order valence-corrected chi connectivity index (χ0v) is 23.6. The van der Waals surface area contributed by atoms with E-state index in [1.165, 1.54) is 22.9 Å². The minimum Gasteiger partial charge on any atom is -0.257 e. The van der Waals surface area contributed by atoms with Crippen LogP contribution in [-0.2, 0) is 17.4 Å². The van der Waals surface area contributed by atoms with Gasteiger partial charge in [0.1, 0.15) is 21.2 Å². The van der Waals surface area contributed by atoms with Gasteiger partial charge >= 0.3 is 0 Å². The summed E-state index contributed by atoms with van der Waals surface area (Å²) in [5.74, 6) is 0.346. The van der Waals surface area contributed by atoms with E-state index in [0.29, 0.717) is 10.9 Å². The molecule has 3 aromatic rings. The molecule has 0 unspecified atom stereocenters. The second-order valence-corrected chi connectivity index (χ2v) is 14.2. The molecule has 1 aromatic carbocycles. The van der Waals surface area contributed by atoms with Crippen molar-refractivity contribution in [1.82, 2.24) is 15.0 Å². The molecule has 1 spiro atoms. The van der Waals surface area contributed by atoms with Gasteiger partial charge in [-0.25, -0.2) is 14.2 Å². The van der Waals surface area contributed by atoms with Crippen molar-refractivity contribution in [2.45, 2.75) is 73.5 Å². The maximum absolute atomic E-state index is 13.0. The number of pyridine rings is 1. The molecular formula is C27H28Cl2N4OS2. The third-order valence-corrected chi connectivity index (χ3v) is 10.3. The van der Waals surface area contributed by atoms with E-state index in [4.69, 9.17) is 32.6 Å². The van der Waals surface area contributed by atoms with E-state index in [-0.39, 0.29) is 15.3 Å². The van der Waals surface area contributed by atoms with Gasteiger partial charge in [-0.3, -0.25) is 4.98 Å². The van der Waals surface area contributed by atoms with Gasteiger partial charge in [-0.05, 0) is 64.5 Å². The Morgan fingerprint density at radius 2 is 1.81 bits per heavy atom. The molecule has 2 aromatic heterocycles. The predicted molar refractivity (Wildman–Crippen MR) is 149 cm³/mol. The molecule has 9 heteroatoms. The molecule has 0 amide bonds. The van der Waals surface area contributed by atoms with Crippen molar-refractivity contribution in [1.29, 1.82) is 0 Å². The Balaban J connectivity index is 1.33. The van der Waals surface area contributed by atoms with Crippen molar-refractivity contribution in [3.05, 3.63) is 75.9 Å². The molecule has 0 radical (unpaired) electrons. The zero-order valence-electron chi connectivity index (χ0n) is 20.5. The molecule has 2 heterocycles. The number of aromatic nitrogens is 3. The second-order valence-electron chi connectivity index (χ2n) is 10.5. The first-order valence-electron chi connectivity index (χ1n) is 12.1. The number of nitrogens with zero attached hydrogens (tertiary/aromatic N) is 4. The zero-order chi connectivity index (χ0) is 25.5. The summed E-state index contributed by atoms with van der Waals surface area (Å²) in [5, 5.41) is 1.47. The summed E-state index contributed by atoms with van der Waals surface area (Å²) in [4.78, 5) is 14.2. The quantitative estimate of drug-likeness (QED) is 0.310. The maximum Gasteiger partial charge on any atom is 0.148 e. The van der Waals surface area contributed by atoms with Crippen molar-refractivity contribution >= 4 is 51.7 Å². The number of benzene rings is 1. The highest BCUT2D eigenvalue weighted by atomic mass is 35.5. The highest BCUT2D eigenvalue weighted by molar-refractivity contribution is 7.99. The Morgan fingerprint density at radius 1 is 1.06 bits per heavy atom. The third kappa shape index (κ3) is 5.13. The fraction of sp³-hybridized carbons (Fsp3) is 0.407. The lowest BCUT2D eigenvalue weighted by Gasteiger charge is -2.37. The smallest absolute Gasteiger partial charge is 0.148 e. The number of rotatable bonds is 4. The molecule has 0 aliphatic heterocycles. The Kier molecular flexibility index (Phi) is 7.29. The number of hydrogen-bond donors (Lipinski definition) is 0. The van der Waals surface area contributed by atoms with E-state index in [9.17, 15) is 4.21 Å². The van der Waals surface area contributed by atoms with Crippen LogP contribution in [0.15, 0.2) is 63.2 Å². The van der Waals surface area contributed by atoms with Crippen molar-refractivity contribution in [2.24, 2.45) is 9.81 Å². The summed E-state index contributed by atoms with van der Waals surface area (Å²) >= 11 is 13.7. The van der Waals surface area contributed by atoms with E-state index in [1.807, 2.05) is 33.0 Å². The van der Waals surface area contributed by atoms with Crippen LogP contribution in [0.3, 0.4) is 0 Å². The van der Waals surface area contributed by atoms with Crippen LogP contribution in [0.1, 0.15) is 69.2 Å². The van der Waals surface area contributed by atoms with Crippen molar-refractivity contribution in [3.8, 4) is 0 Å². The Bertz CT molecular complexity index is 1330. The van der Waals surface area contributed by atoms with Gasteiger partial charge in [0.2, 0.25) is 0 Å². The van der Waals surface area contributed by atoms with Gasteiger partial charge in [0.05, 0.1) is 33.6 Å². The summed E-state index contributed by atoms with van der Waals surface area (Å²) < 4.78 is 17.5. The molecule has 2 aliphatic rings. The minimum absolute atomic E-state index is 0.0539. The molecule has 1 saturated carbocycles. The fourth-order valence-corrected chi connectivity index (χ4v) is 6.99. The summed E-state index contributed by atoms with van der Waals surface area (Å²) in [6, 6.07) is 10.3. The largest absolute Gasteiger partial charge is 0.257 e. The van der Waals surface area contributed by atoms with Gasteiger partial charge in [0, 0.05) is 28.0 Å². The molecule has 188 valence electrons. The standard InChI is InChI=1S/C27H28Cl2N4OS2/c1-26(2,3)36(34)33-24-19-7-5-4-6-18(19)14-27(24)11-8-17(9-12-27)20-15-32-22(16-31-20)35-21-10-13-30-25(29)23(21)28/h4-7,10,13,15-17H,8-9,11-12,14H2,1-3H3/t17?,27?,36-/m1/s1. The Morgan fingerprint density at radius 3 is 2.50 bits per heavy atom. The van der Waals surface area contributed by atoms with Gasteiger partial charge in [0.15, 0.2) is 0 Å². The van der Waals surface area contributed by atoms with Crippen LogP contribution < -0.4 is 0 Å². The maximum atomic E-state index is 13.0. The van der Waals surface area contributed by atoms with E-state index >= 15 is 0 Å². The van der Waals surface area contributed by atoms with Gasteiger partial charge in [-0.2, -0.15) is 4.40 Å². The summed E-state index contributed by atoms with van der Waals surface area (Å²) in [7, 11) is -1.29. The van der Waals surface area contributed by atoms with E-state index in [2.05, 4.69) is 34.2 Å². The molecule has 36 heavy (non-hydrogen) atoms. The Hall–Kier alpha value is -1.80. The van der Waals surface area contributed by atoms with Gasteiger partial charge in [0.25, 0.3) is 0 Å². The Labute approximate surface area is 229 Å². The predicted octanol–water partition coefficient (Wildman–Crippen LogP) is 7.48. The van der Waals surface area contributed by atoms with Crippen LogP contribution >= 0.6 is 35.0 Å². The highest BCUT2D eigenvalue weighted by Gasteiger charge is 2.46. The lowest BCUT2D eigenvalue weighted by molar-refractivity contribution is 0.264. The molecule has 1 fully saturated rings. The molecular weight excluding hydrogens is 531 g/mol. The second kappa shape index (κ2) is 10.2. The van der Waals surface area contributed by atoms with Gasteiger partial charge in [-0.1, -0.05) is 59.2 Å². The lowest BCUT2D eigenvalue weighted by Crippen LogP contribution is -2.34. The first kappa shape index (κ1) is 25.8. The molecule has 5 nitrogen and oxygen atoms in total. The molecule has 5 rings (SSSR count). The molecule has 2 aliphatic carbocycles. The van der Waals surface area contributed by atoms with Gasteiger partial charge in [-0.15, -0.1) is 0 Å². The molecule has 0 bridgehead atoms. The molecule has 0 saturated heterocycles. The van der Waals surface area contributed by atoms with Crippen LogP contribution in [0.2, 0.25) is 10.2 Å². The summed E-state index contributed by atoms with van der Waals surface area (Å²) in [6.07, 6.45) is 10.3. The minimum atomic E-state index is -1.29. The first-order chi connectivity index (χ1) is 17.2. The van der Waals surface area contributed by atoms with Crippen LogP contribution in [0.5, 0.6) is 0 Å². The summed E-state index contributed by atoms with van der Waals surface area (Å²) in [6.45, 7) is 5.94. The normalized spacial score (nSPS) is 23.7. The number of halogens is 2. The summed E-state index contributed by atoms with van der Waals surface area (Å²) in [5.41, 5.74) is 4.49. The number of fused-ring (bicyclic) bond motifs is 1. The van der Waals surface area contributed by atoms with Crippen molar-refractivity contribution in [3.63, 3.8) is 0 Å². The molecule has 1 atom stereocenters. The van der Waals surface area contributed by atoms with Crippen LogP contribution in [-0.4, -0.2) is 29.6 Å². The van der Waals surface area contributed by atoms with E-state index in [0.717, 1.165) is 53.4 Å². The van der Waals surface area contributed by atoms with E-state index in [1.54, 1.807) is 12.4 Å². The van der Waals surface area contributed by atoms with E-state index < -0.39 is 11.0 Å². The van der Waals surface area contributed by atoms with Gasteiger partial charge < -0.3 is 0 Å². The van der Waals surface area contributed by atoms with Crippen molar-refractivity contribution in [2.75, 3.05) is 0 Å². The monoisotopic (exact) mass is 558 g/mol. The van der Waals surface area contributed by atoms with Crippen LogP contribution in [0, 0.1) is 5.41 Å². The average Bonchev–Trinajstić information content (AvgIpc) is 3.15. The third-order valence-electron chi connectivity index (χ3n) is 7.04. The topological polar surface area (TPSA) is 68.1 Å².